The molecular formula is C8H9N2O5S-. The molecular weight excluding hydrogens is 236 g/mol. The van der Waals surface area contributed by atoms with Gasteiger partial charge in [0.1, 0.15) is 10.1 Å². The lowest BCUT2D eigenvalue weighted by molar-refractivity contribution is -0.385. The number of benzene rings is 1. The van der Waals surface area contributed by atoms with Gasteiger partial charge in [-0.3, -0.25) is 10.1 Å². The van der Waals surface area contributed by atoms with E-state index in [-0.39, 0.29) is 13.0 Å². The highest BCUT2D eigenvalue weighted by Crippen LogP contribution is 2.23. The number of nitro groups is 1. The molecule has 0 atom stereocenters. The third-order valence-electron chi connectivity index (χ3n) is 1.96. The predicted octanol–water partition coefficient (Wildman–Crippen LogP) is 0.0001000. The van der Waals surface area contributed by atoms with Crippen molar-refractivity contribution < 1.29 is 17.9 Å². The number of hydrogen-bond donors (Lipinski definition) is 1. The summed E-state index contributed by atoms with van der Waals surface area (Å²) < 4.78 is 32.0. The first-order chi connectivity index (χ1) is 7.36. The average Bonchev–Trinajstić information content (AvgIpc) is 2.16. The SMILES string of the molecule is NCCc1ccc(S(=O)(=O)[O-])cc1[N+](=O)[O-]. The van der Waals surface area contributed by atoms with Crippen molar-refractivity contribution in [3.63, 3.8) is 0 Å². The third kappa shape index (κ3) is 2.75. The van der Waals surface area contributed by atoms with Crippen LogP contribution in [-0.2, 0) is 16.5 Å². The van der Waals surface area contributed by atoms with Gasteiger partial charge in [-0.05, 0) is 19.0 Å². The van der Waals surface area contributed by atoms with Crippen LogP contribution >= 0.6 is 0 Å². The van der Waals surface area contributed by atoms with Gasteiger partial charge >= 0.3 is 0 Å². The number of nitro benzene ring substituents is 1. The molecule has 1 rings (SSSR count). The van der Waals surface area contributed by atoms with Crippen LogP contribution in [0.15, 0.2) is 23.1 Å². The van der Waals surface area contributed by atoms with Crippen molar-refractivity contribution >= 4 is 15.8 Å². The van der Waals surface area contributed by atoms with Gasteiger partial charge in [0, 0.05) is 11.6 Å². The summed E-state index contributed by atoms with van der Waals surface area (Å²) in [6.07, 6.45) is 0.246. The van der Waals surface area contributed by atoms with E-state index in [0.29, 0.717) is 5.56 Å². The lowest BCUT2D eigenvalue weighted by Crippen LogP contribution is -2.07. The van der Waals surface area contributed by atoms with Gasteiger partial charge in [-0.1, -0.05) is 6.07 Å². The van der Waals surface area contributed by atoms with Crippen molar-refractivity contribution in [3.05, 3.63) is 33.9 Å². The van der Waals surface area contributed by atoms with Crippen molar-refractivity contribution in [3.8, 4) is 0 Å². The van der Waals surface area contributed by atoms with Gasteiger partial charge in [-0.2, -0.15) is 0 Å². The van der Waals surface area contributed by atoms with E-state index in [2.05, 4.69) is 0 Å². The Balaban J connectivity index is 3.34. The van der Waals surface area contributed by atoms with Crippen molar-refractivity contribution in [1.29, 1.82) is 0 Å². The van der Waals surface area contributed by atoms with Crippen LogP contribution in [0.25, 0.3) is 0 Å². The molecule has 0 bridgehead atoms. The largest absolute Gasteiger partial charge is 0.744 e. The van der Waals surface area contributed by atoms with E-state index in [9.17, 15) is 23.1 Å². The van der Waals surface area contributed by atoms with Crippen LogP contribution in [-0.4, -0.2) is 24.4 Å². The van der Waals surface area contributed by atoms with Crippen LogP contribution < -0.4 is 5.73 Å². The van der Waals surface area contributed by atoms with E-state index in [0.717, 1.165) is 12.1 Å². The molecule has 0 spiro atoms. The first-order valence-corrected chi connectivity index (χ1v) is 5.70. The smallest absolute Gasteiger partial charge is 0.273 e. The normalized spacial score (nSPS) is 11.4. The molecule has 0 saturated heterocycles. The van der Waals surface area contributed by atoms with Gasteiger partial charge in [0.05, 0.1) is 9.82 Å². The lowest BCUT2D eigenvalue weighted by Gasteiger charge is -2.08. The second-order valence-corrected chi connectivity index (χ2v) is 4.42. The zero-order valence-electron chi connectivity index (χ0n) is 8.12. The summed E-state index contributed by atoms with van der Waals surface area (Å²) in [5, 5.41) is 10.6. The first kappa shape index (κ1) is 12.6. The third-order valence-corrected chi connectivity index (χ3v) is 2.79. The highest BCUT2D eigenvalue weighted by molar-refractivity contribution is 7.85. The van der Waals surface area contributed by atoms with Crippen LogP contribution in [0.2, 0.25) is 0 Å². The molecule has 1 aromatic carbocycles. The van der Waals surface area contributed by atoms with Crippen LogP contribution in [0.5, 0.6) is 0 Å². The van der Waals surface area contributed by atoms with Crippen LogP contribution in [0.4, 0.5) is 5.69 Å². The molecule has 7 nitrogen and oxygen atoms in total. The molecule has 0 unspecified atom stereocenters. The molecule has 88 valence electrons. The van der Waals surface area contributed by atoms with E-state index in [4.69, 9.17) is 5.73 Å². The zero-order valence-corrected chi connectivity index (χ0v) is 8.94. The number of rotatable bonds is 4. The Morgan fingerprint density at radius 2 is 2.00 bits per heavy atom. The number of nitrogens with zero attached hydrogens (tertiary/aromatic N) is 1. The Morgan fingerprint density at radius 1 is 1.38 bits per heavy atom. The second kappa shape index (κ2) is 4.56. The topological polar surface area (TPSA) is 126 Å². The molecule has 0 aliphatic rings. The van der Waals surface area contributed by atoms with Gasteiger partial charge in [0.15, 0.2) is 0 Å². The number of nitrogens with two attached hydrogens (primary N) is 1. The summed E-state index contributed by atoms with van der Waals surface area (Å²) in [6, 6.07) is 3.03. The molecule has 8 heteroatoms. The van der Waals surface area contributed by atoms with E-state index in [1.54, 1.807) is 0 Å². The van der Waals surface area contributed by atoms with Crippen LogP contribution in [0.1, 0.15) is 5.56 Å². The molecule has 0 aromatic heterocycles. The summed E-state index contributed by atoms with van der Waals surface area (Å²) in [7, 11) is -4.68. The van der Waals surface area contributed by atoms with Crippen LogP contribution in [0.3, 0.4) is 0 Å². The molecule has 0 fully saturated rings. The molecule has 0 aliphatic heterocycles. The van der Waals surface area contributed by atoms with Gasteiger partial charge in [0.2, 0.25) is 0 Å². The van der Waals surface area contributed by atoms with E-state index in [1.165, 1.54) is 6.07 Å². The Labute approximate surface area is 91.8 Å². The molecule has 1 aromatic rings. The Kier molecular flexibility index (Phi) is 3.58. The van der Waals surface area contributed by atoms with Gasteiger partial charge < -0.3 is 10.3 Å². The molecule has 2 N–H and O–H groups in total. The van der Waals surface area contributed by atoms with Crippen molar-refractivity contribution in [2.45, 2.75) is 11.3 Å². The standard InChI is InChI=1S/C8H10N2O5S/c9-4-3-6-1-2-7(16(13,14)15)5-8(6)10(11)12/h1-2,5H,3-4,9H2,(H,13,14,15)/p-1. The van der Waals surface area contributed by atoms with Crippen molar-refractivity contribution in [1.82, 2.24) is 0 Å². The second-order valence-electron chi connectivity index (χ2n) is 3.04. The Bertz CT molecular complexity index is 511. The highest BCUT2D eigenvalue weighted by Gasteiger charge is 2.15. The lowest BCUT2D eigenvalue weighted by atomic mass is 10.1. The minimum absolute atomic E-state index is 0.199. The quantitative estimate of drug-likeness (QED) is 0.452. The fraction of sp³-hybridized carbons (Fsp3) is 0.250. The summed E-state index contributed by atoms with van der Waals surface area (Å²) in [6.45, 7) is 0.199. The minimum Gasteiger partial charge on any atom is -0.744 e. The number of hydrogen-bond acceptors (Lipinski definition) is 6. The molecule has 0 aliphatic carbocycles. The predicted molar refractivity (Wildman–Crippen MR) is 53.8 cm³/mol. The molecule has 0 radical (unpaired) electrons. The summed E-state index contributed by atoms with van der Waals surface area (Å²) in [5.41, 5.74) is 5.16. The zero-order chi connectivity index (χ0) is 12.3. The Hall–Kier alpha value is -1.51. The average molecular weight is 245 g/mol. The minimum atomic E-state index is -4.68. The molecule has 0 amide bonds. The van der Waals surface area contributed by atoms with E-state index >= 15 is 0 Å². The maximum atomic E-state index is 10.7. The fourth-order valence-corrected chi connectivity index (χ4v) is 1.73. The van der Waals surface area contributed by atoms with Crippen LogP contribution in [0, 0.1) is 10.1 Å². The highest BCUT2D eigenvalue weighted by atomic mass is 32.2. The summed E-state index contributed by atoms with van der Waals surface area (Å²) in [5.74, 6) is 0. The first-order valence-electron chi connectivity index (χ1n) is 4.29. The van der Waals surface area contributed by atoms with Gasteiger partial charge in [-0.25, -0.2) is 8.42 Å². The monoisotopic (exact) mass is 245 g/mol. The van der Waals surface area contributed by atoms with Crippen molar-refractivity contribution in [2.24, 2.45) is 5.73 Å². The molecule has 0 heterocycles. The molecule has 16 heavy (non-hydrogen) atoms. The van der Waals surface area contributed by atoms with E-state index < -0.39 is 25.6 Å². The van der Waals surface area contributed by atoms with Crippen molar-refractivity contribution in [2.75, 3.05) is 6.54 Å². The fourth-order valence-electron chi connectivity index (χ4n) is 1.24. The summed E-state index contributed by atoms with van der Waals surface area (Å²) in [4.78, 5) is 9.30. The maximum absolute atomic E-state index is 10.7. The van der Waals surface area contributed by atoms with E-state index in [1.807, 2.05) is 0 Å². The Morgan fingerprint density at radius 3 is 2.44 bits per heavy atom. The maximum Gasteiger partial charge on any atom is 0.273 e. The van der Waals surface area contributed by atoms with Gasteiger partial charge in [0.25, 0.3) is 5.69 Å². The van der Waals surface area contributed by atoms with Gasteiger partial charge in [-0.15, -0.1) is 0 Å². The molecule has 0 saturated carbocycles. The summed E-state index contributed by atoms with van der Waals surface area (Å²) >= 11 is 0.